The lowest BCUT2D eigenvalue weighted by molar-refractivity contribution is -0.139. The highest BCUT2D eigenvalue weighted by Crippen LogP contribution is 2.34. The number of benzene rings is 1. The summed E-state index contributed by atoms with van der Waals surface area (Å²) in [6, 6.07) is 7.40. The molecule has 0 bridgehead atoms. The number of hydrogen-bond acceptors (Lipinski definition) is 6. The number of ether oxygens (including phenoxy) is 1. The summed E-state index contributed by atoms with van der Waals surface area (Å²) in [7, 11) is 1.65. The number of hydrogen-bond donors (Lipinski definition) is 1. The predicted octanol–water partition coefficient (Wildman–Crippen LogP) is 6.63. The van der Waals surface area contributed by atoms with Gasteiger partial charge in [0.05, 0.1) is 21.9 Å². The molecule has 1 aliphatic rings. The number of aromatic nitrogens is 1. The van der Waals surface area contributed by atoms with E-state index in [1.165, 1.54) is 16.7 Å². The number of thioether (sulfide) groups is 1. The Morgan fingerprint density at radius 1 is 1.37 bits per heavy atom. The number of carboxylic acids is 1. The van der Waals surface area contributed by atoms with Crippen molar-refractivity contribution in [2.45, 2.75) is 36.3 Å². The van der Waals surface area contributed by atoms with Crippen molar-refractivity contribution in [1.29, 1.82) is 0 Å². The Morgan fingerprint density at radius 3 is 2.97 bits per heavy atom. The topological polar surface area (TPSA) is 62.7 Å². The van der Waals surface area contributed by atoms with Gasteiger partial charge < -0.3 is 14.7 Å². The van der Waals surface area contributed by atoms with E-state index in [0.29, 0.717) is 10.9 Å². The van der Waals surface area contributed by atoms with Crippen molar-refractivity contribution < 1.29 is 19.0 Å². The zero-order valence-electron chi connectivity index (χ0n) is 19.7. The number of piperidine rings is 1. The first kappa shape index (κ1) is 26.2. The summed E-state index contributed by atoms with van der Waals surface area (Å²) in [6.45, 7) is 2.65. The molecule has 1 aromatic carbocycles. The molecule has 0 aliphatic carbocycles. The molecule has 2 aromatic heterocycles. The lowest BCUT2D eigenvalue weighted by Crippen LogP contribution is -2.42. The number of aryl methyl sites for hydroxylation is 1. The first-order chi connectivity index (χ1) is 16.9. The summed E-state index contributed by atoms with van der Waals surface area (Å²) in [5.74, 6) is 1.25. The number of rotatable bonds is 11. The number of carboxylic acid groups (broad SMARTS) is 1. The summed E-state index contributed by atoms with van der Waals surface area (Å²) in [5, 5.41) is 12.7. The fourth-order valence-electron chi connectivity index (χ4n) is 4.97. The fourth-order valence-corrected chi connectivity index (χ4v) is 7.10. The number of carbonyl (C=O) groups is 1. The molecule has 188 valence electrons. The number of methoxy groups -OCH3 is 1. The Morgan fingerprint density at radius 2 is 2.23 bits per heavy atom. The summed E-state index contributed by atoms with van der Waals surface area (Å²) in [4.78, 5) is 18.4. The van der Waals surface area contributed by atoms with Crippen molar-refractivity contribution >= 4 is 51.6 Å². The molecule has 0 spiro atoms. The van der Waals surface area contributed by atoms with Gasteiger partial charge in [-0.2, -0.15) is 0 Å². The van der Waals surface area contributed by atoms with E-state index in [4.69, 9.17) is 16.3 Å². The molecule has 0 saturated carbocycles. The van der Waals surface area contributed by atoms with Crippen molar-refractivity contribution in [1.82, 2.24) is 9.88 Å². The third-order valence-corrected chi connectivity index (χ3v) is 9.19. The summed E-state index contributed by atoms with van der Waals surface area (Å²) in [6.07, 6.45) is 5.63. The summed E-state index contributed by atoms with van der Waals surface area (Å²) < 4.78 is 19.6. The van der Waals surface area contributed by atoms with Crippen LogP contribution >= 0.6 is 34.7 Å². The minimum absolute atomic E-state index is 0.134. The van der Waals surface area contributed by atoms with Gasteiger partial charge in [-0.3, -0.25) is 9.78 Å². The van der Waals surface area contributed by atoms with Gasteiger partial charge in [-0.15, -0.1) is 23.1 Å². The van der Waals surface area contributed by atoms with E-state index in [1.807, 2.05) is 18.2 Å². The molecule has 4 rings (SSSR count). The number of fused-ring (bicyclic) bond motifs is 1. The number of nitrogens with zero attached hydrogens (tertiary/aromatic N) is 2. The largest absolute Gasteiger partial charge is 0.497 e. The van der Waals surface area contributed by atoms with E-state index >= 15 is 0 Å². The van der Waals surface area contributed by atoms with Crippen molar-refractivity contribution in [2.24, 2.45) is 11.8 Å². The van der Waals surface area contributed by atoms with Crippen molar-refractivity contribution in [2.75, 3.05) is 32.5 Å². The average Bonchev–Trinajstić information content (AvgIpc) is 3.25. The Bertz CT molecular complexity index is 1160. The van der Waals surface area contributed by atoms with Crippen molar-refractivity contribution in [3.05, 3.63) is 52.2 Å². The molecule has 1 fully saturated rings. The van der Waals surface area contributed by atoms with Gasteiger partial charge in [0.2, 0.25) is 0 Å². The maximum Gasteiger partial charge on any atom is 0.303 e. The minimum Gasteiger partial charge on any atom is -0.497 e. The van der Waals surface area contributed by atoms with Gasteiger partial charge in [0.15, 0.2) is 0 Å². The van der Waals surface area contributed by atoms with Gasteiger partial charge in [-0.05, 0) is 73.9 Å². The normalized spacial score (nSPS) is 18.7. The molecule has 2 unspecified atom stereocenters. The van der Waals surface area contributed by atoms with E-state index in [-0.39, 0.29) is 18.2 Å². The first-order valence-corrected chi connectivity index (χ1v) is 14.1. The Labute approximate surface area is 218 Å². The molecule has 1 aliphatic heterocycles. The molecule has 0 radical (unpaired) electrons. The third kappa shape index (κ3) is 7.09. The molecular formula is C26H30ClFN2O3S2. The maximum absolute atomic E-state index is 13.2. The zero-order chi connectivity index (χ0) is 24.8. The van der Waals surface area contributed by atoms with Gasteiger partial charge in [-0.1, -0.05) is 11.6 Å². The van der Waals surface area contributed by atoms with Crippen molar-refractivity contribution in [3.63, 3.8) is 0 Å². The molecule has 1 saturated heterocycles. The van der Waals surface area contributed by atoms with Gasteiger partial charge in [-0.25, -0.2) is 4.39 Å². The number of halogens is 2. The molecule has 3 heterocycles. The second-order valence-electron chi connectivity index (χ2n) is 9.00. The van der Waals surface area contributed by atoms with Crippen LogP contribution in [0.25, 0.3) is 10.9 Å². The van der Waals surface area contributed by atoms with Crippen LogP contribution in [0.4, 0.5) is 4.39 Å². The monoisotopic (exact) mass is 536 g/mol. The second kappa shape index (κ2) is 12.4. The van der Waals surface area contributed by atoms with Crippen LogP contribution < -0.4 is 4.74 Å². The lowest BCUT2D eigenvalue weighted by atomic mass is 9.80. The van der Waals surface area contributed by atoms with Crippen LogP contribution in [0.2, 0.25) is 5.02 Å². The highest BCUT2D eigenvalue weighted by Gasteiger charge is 2.30. The number of pyridine rings is 1. The number of likely N-dealkylation sites (tertiary alicyclic amines) is 1. The molecule has 9 heteroatoms. The minimum atomic E-state index is -0.736. The van der Waals surface area contributed by atoms with Crippen molar-refractivity contribution in [3.8, 4) is 5.75 Å². The summed E-state index contributed by atoms with van der Waals surface area (Å²) in [5.41, 5.74) is 1.97. The van der Waals surface area contributed by atoms with Crippen LogP contribution in [-0.4, -0.2) is 53.5 Å². The van der Waals surface area contributed by atoms with Crippen LogP contribution in [0.3, 0.4) is 0 Å². The molecule has 3 aromatic rings. The average molecular weight is 537 g/mol. The van der Waals surface area contributed by atoms with Crippen LogP contribution in [0.5, 0.6) is 5.75 Å². The highest BCUT2D eigenvalue weighted by atomic mass is 35.5. The van der Waals surface area contributed by atoms with E-state index in [0.717, 1.165) is 77.5 Å². The Kier molecular flexibility index (Phi) is 9.27. The quantitative estimate of drug-likeness (QED) is 0.278. The van der Waals surface area contributed by atoms with E-state index in [9.17, 15) is 14.3 Å². The van der Waals surface area contributed by atoms with Crippen LogP contribution in [-0.2, 0) is 11.2 Å². The van der Waals surface area contributed by atoms with Gasteiger partial charge >= 0.3 is 5.97 Å². The molecule has 2 atom stereocenters. The van der Waals surface area contributed by atoms with Crippen LogP contribution in [0.15, 0.2) is 40.1 Å². The summed E-state index contributed by atoms with van der Waals surface area (Å²) >= 11 is 9.61. The molecular weight excluding hydrogens is 507 g/mol. The Hall–Kier alpha value is -1.87. The van der Waals surface area contributed by atoms with Gasteiger partial charge in [0.25, 0.3) is 0 Å². The van der Waals surface area contributed by atoms with Gasteiger partial charge in [0, 0.05) is 42.2 Å². The third-order valence-electron chi connectivity index (χ3n) is 6.74. The Balaban J connectivity index is 1.33. The molecule has 1 N–H and O–H groups in total. The lowest BCUT2D eigenvalue weighted by Gasteiger charge is -2.38. The number of aliphatic carboxylic acids is 1. The maximum atomic E-state index is 13.2. The zero-order valence-corrected chi connectivity index (χ0v) is 22.1. The van der Waals surface area contributed by atoms with Crippen LogP contribution in [0, 0.1) is 17.7 Å². The van der Waals surface area contributed by atoms with E-state index in [1.54, 1.807) is 31.1 Å². The molecule has 0 amide bonds. The highest BCUT2D eigenvalue weighted by molar-refractivity contribution is 8.01. The standard InChI is InChI=1S/C26H30ClFN2O3S2/c1-33-20-5-6-24-22(13-20)21(23(27)14-29-24)4-2-3-17-7-8-30(15-18(17)11-25(31)32)9-10-34-26-12-19(28)16-35-26/h5-6,12-14,16-18H,2-4,7-11,15H2,1H3,(H,31,32). The number of thiophene rings is 1. The van der Waals surface area contributed by atoms with E-state index in [2.05, 4.69) is 9.88 Å². The smallest absolute Gasteiger partial charge is 0.303 e. The predicted molar refractivity (Wildman–Crippen MR) is 142 cm³/mol. The molecule has 35 heavy (non-hydrogen) atoms. The first-order valence-electron chi connectivity index (χ1n) is 11.8. The van der Waals surface area contributed by atoms with Gasteiger partial charge in [0.1, 0.15) is 11.6 Å². The fraction of sp³-hybridized carbons (Fsp3) is 0.462. The van der Waals surface area contributed by atoms with E-state index < -0.39 is 5.97 Å². The second-order valence-corrected chi connectivity index (χ2v) is 11.7. The SMILES string of the molecule is COc1ccc2ncc(Cl)c(CCCC3CCN(CCSc4cc(F)cs4)CC3CC(=O)O)c2c1. The molecule has 5 nitrogen and oxygen atoms in total. The van der Waals surface area contributed by atoms with Crippen LogP contribution in [0.1, 0.15) is 31.2 Å².